The zero-order valence-electron chi connectivity index (χ0n) is 14.0. The molecule has 4 aliphatic carbocycles. The first-order chi connectivity index (χ1) is 11.0. The van der Waals surface area contributed by atoms with Gasteiger partial charge in [0.1, 0.15) is 6.33 Å². The summed E-state index contributed by atoms with van der Waals surface area (Å²) in [5.74, 6) is 3.32. The third-order valence-corrected chi connectivity index (χ3v) is 7.42. The minimum absolute atomic E-state index is 0.126. The van der Waals surface area contributed by atoms with Gasteiger partial charge < -0.3 is 9.88 Å². The van der Waals surface area contributed by atoms with Crippen LogP contribution >= 0.6 is 11.8 Å². The molecule has 0 unspecified atom stereocenters. The molecule has 1 aromatic rings. The summed E-state index contributed by atoms with van der Waals surface area (Å²) >= 11 is 1.46. The molecule has 126 valence electrons. The molecule has 0 spiro atoms. The van der Waals surface area contributed by atoms with Crippen LogP contribution in [0.5, 0.6) is 0 Å². The molecule has 5 rings (SSSR count). The number of carbonyl (C=O) groups is 1. The number of amides is 1. The van der Waals surface area contributed by atoms with Gasteiger partial charge in [-0.25, -0.2) is 0 Å². The summed E-state index contributed by atoms with van der Waals surface area (Å²) in [5, 5.41) is 12.0. The second-order valence-corrected chi connectivity index (χ2v) is 9.02. The standard InChI is InChI=1S/C17H26N4OS/c1-11(19-15(22)9-23-16-20-18-10-21(16)2)17-6-12-3-13(7-17)5-14(4-12)8-17/h10-14H,3-9H2,1-2H3,(H,19,22)/t11-,12?,13?,14?,17?/m1/s1. The number of carbonyl (C=O) groups excluding carboxylic acids is 1. The second-order valence-electron chi connectivity index (χ2n) is 8.08. The van der Waals surface area contributed by atoms with Gasteiger partial charge in [0.15, 0.2) is 5.16 Å². The fourth-order valence-electron chi connectivity index (χ4n) is 5.68. The van der Waals surface area contributed by atoms with Gasteiger partial charge in [-0.15, -0.1) is 10.2 Å². The number of hydrogen-bond acceptors (Lipinski definition) is 4. The molecule has 0 saturated heterocycles. The van der Waals surface area contributed by atoms with Crippen LogP contribution in [0.2, 0.25) is 0 Å². The Morgan fingerprint density at radius 2 is 1.96 bits per heavy atom. The van der Waals surface area contributed by atoms with Crippen molar-refractivity contribution in [3.8, 4) is 0 Å². The van der Waals surface area contributed by atoms with Crippen molar-refractivity contribution < 1.29 is 4.79 Å². The lowest BCUT2D eigenvalue weighted by Gasteiger charge is -2.59. The summed E-state index contributed by atoms with van der Waals surface area (Å²) < 4.78 is 1.85. The third kappa shape index (κ3) is 2.90. The van der Waals surface area contributed by atoms with Crippen molar-refractivity contribution in [2.24, 2.45) is 30.2 Å². The van der Waals surface area contributed by atoms with Gasteiger partial charge in [-0.05, 0) is 68.6 Å². The molecule has 0 radical (unpaired) electrons. The van der Waals surface area contributed by atoms with E-state index < -0.39 is 0 Å². The molecule has 6 heteroatoms. The quantitative estimate of drug-likeness (QED) is 0.841. The van der Waals surface area contributed by atoms with Crippen molar-refractivity contribution in [3.05, 3.63) is 6.33 Å². The second kappa shape index (κ2) is 5.80. The fourth-order valence-corrected chi connectivity index (χ4v) is 6.38. The van der Waals surface area contributed by atoms with E-state index >= 15 is 0 Å². The highest BCUT2D eigenvalue weighted by atomic mass is 32.2. The van der Waals surface area contributed by atoms with Gasteiger partial charge in [0.2, 0.25) is 5.91 Å². The number of nitrogens with zero attached hydrogens (tertiary/aromatic N) is 3. The Kier molecular flexibility index (Phi) is 3.90. The number of nitrogens with one attached hydrogen (secondary N) is 1. The van der Waals surface area contributed by atoms with E-state index in [-0.39, 0.29) is 5.91 Å². The molecule has 1 amide bonds. The molecule has 0 aromatic carbocycles. The van der Waals surface area contributed by atoms with E-state index in [9.17, 15) is 4.79 Å². The molecule has 23 heavy (non-hydrogen) atoms. The number of aryl methyl sites for hydroxylation is 1. The Bertz CT molecular complexity index is 564. The molecule has 1 aromatic heterocycles. The highest BCUT2D eigenvalue weighted by Crippen LogP contribution is 2.61. The Morgan fingerprint density at radius 3 is 2.48 bits per heavy atom. The van der Waals surface area contributed by atoms with E-state index in [4.69, 9.17) is 0 Å². The van der Waals surface area contributed by atoms with Crippen LogP contribution in [0.3, 0.4) is 0 Å². The lowest BCUT2D eigenvalue weighted by molar-refractivity contribution is -0.123. The van der Waals surface area contributed by atoms with Gasteiger partial charge in [-0.3, -0.25) is 4.79 Å². The summed E-state index contributed by atoms with van der Waals surface area (Å²) in [6.45, 7) is 2.23. The monoisotopic (exact) mass is 334 g/mol. The fraction of sp³-hybridized carbons (Fsp3) is 0.824. The lowest BCUT2D eigenvalue weighted by atomic mass is 9.48. The molecule has 5 nitrogen and oxygen atoms in total. The van der Waals surface area contributed by atoms with E-state index in [0.29, 0.717) is 17.2 Å². The lowest BCUT2D eigenvalue weighted by Crippen LogP contribution is -2.56. The van der Waals surface area contributed by atoms with E-state index in [1.807, 2.05) is 11.6 Å². The predicted molar refractivity (Wildman–Crippen MR) is 89.9 cm³/mol. The van der Waals surface area contributed by atoms with Crippen LogP contribution < -0.4 is 5.32 Å². The summed E-state index contributed by atoms with van der Waals surface area (Å²) in [4.78, 5) is 12.4. The molecule has 4 fully saturated rings. The molecule has 1 N–H and O–H groups in total. The van der Waals surface area contributed by atoms with Gasteiger partial charge in [-0.2, -0.15) is 0 Å². The van der Waals surface area contributed by atoms with E-state index in [1.54, 1.807) is 6.33 Å². The molecule has 1 atom stereocenters. The van der Waals surface area contributed by atoms with Crippen LogP contribution in [0.25, 0.3) is 0 Å². The number of hydrogen-bond donors (Lipinski definition) is 1. The van der Waals surface area contributed by atoms with Crippen molar-refractivity contribution in [3.63, 3.8) is 0 Å². The first-order valence-electron chi connectivity index (χ1n) is 8.80. The van der Waals surface area contributed by atoms with Crippen molar-refractivity contribution >= 4 is 17.7 Å². The summed E-state index contributed by atoms with van der Waals surface area (Å²) in [6.07, 6.45) is 9.99. The summed E-state index contributed by atoms with van der Waals surface area (Å²) in [5.41, 5.74) is 0.375. The average Bonchev–Trinajstić information content (AvgIpc) is 2.89. The van der Waals surface area contributed by atoms with Crippen LogP contribution in [0, 0.1) is 23.2 Å². The molecular formula is C17H26N4OS. The van der Waals surface area contributed by atoms with Crippen LogP contribution in [0.1, 0.15) is 45.4 Å². The van der Waals surface area contributed by atoms with Crippen LogP contribution in [0.15, 0.2) is 11.5 Å². The maximum absolute atomic E-state index is 12.4. The van der Waals surface area contributed by atoms with Crippen molar-refractivity contribution in [2.75, 3.05) is 5.75 Å². The van der Waals surface area contributed by atoms with Gasteiger partial charge >= 0.3 is 0 Å². The van der Waals surface area contributed by atoms with E-state index in [2.05, 4.69) is 22.4 Å². The molecule has 1 heterocycles. The molecule has 4 bridgehead atoms. The van der Waals surface area contributed by atoms with Gasteiger partial charge in [-0.1, -0.05) is 11.8 Å². The van der Waals surface area contributed by atoms with Crippen LogP contribution in [-0.4, -0.2) is 32.5 Å². The molecule has 4 aliphatic rings. The van der Waals surface area contributed by atoms with E-state index in [0.717, 1.165) is 22.9 Å². The van der Waals surface area contributed by atoms with Crippen molar-refractivity contribution in [2.45, 2.75) is 56.6 Å². The number of thioether (sulfide) groups is 1. The largest absolute Gasteiger partial charge is 0.352 e. The molecular weight excluding hydrogens is 308 g/mol. The maximum Gasteiger partial charge on any atom is 0.230 e. The zero-order valence-corrected chi connectivity index (χ0v) is 14.8. The predicted octanol–water partition coefficient (Wildman–Crippen LogP) is 2.63. The van der Waals surface area contributed by atoms with Crippen molar-refractivity contribution in [1.29, 1.82) is 0 Å². The summed E-state index contributed by atoms with van der Waals surface area (Å²) in [7, 11) is 1.90. The third-order valence-electron chi connectivity index (χ3n) is 6.38. The zero-order chi connectivity index (χ0) is 16.0. The molecule has 4 saturated carbocycles. The topological polar surface area (TPSA) is 59.8 Å². The first kappa shape index (κ1) is 15.5. The van der Waals surface area contributed by atoms with Gasteiger partial charge in [0.05, 0.1) is 5.75 Å². The number of aromatic nitrogens is 3. The minimum Gasteiger partial charge on any atom is -0.352 e. The summed E-state index contributed by atoms with van der Waals surface area (Å²) in [6, 6.07) is 0.295. The van der Waals surface area contributed by atoms with Crippen molar-refractivity contribution in [1.82, 2.24) is 20.1 Å². The SMILES string of the molecule is C[C@@H](NC(=O)CSc1nncn1C)C12CC3CC(CC(C3)C1)C2. The van der Waals surface area contributed by atoms with E-state index in [1.165, 1.54) is 50.3 Å². The Balaban J connectivity index is 1.35. The Morgan fingerprint density at radius 1 is 1.35 bits per heavy atom. The Labute approximate surface area is 142 Å². The average molecular weight is 334 g/mol. The maximum atomic E-state index is 12.4. The smallest absolute Gasteiger partial charge is 0.230 e. The highest BCUT2D eigenvalue weighted by molar-refractivity contribution is 7.99. The highest BCUT2D eigenvalue weighted by Gasteiger charge is 2.53. The van der Waals surface area contributed by atoms with Gasteiger partial charge in [0.25, 0.3) is 0 Å². The Hall–Kier alpha value is -1.04. The first-order valence-corrected chi connectivity index (χ1v) is 9.79. The normalized spacial score (nSPS) is 36.2. The number of rotatable bonds is 5. The minimum atomic E-state index is 0.126. The van der Waals surface area contributed by atoms with Crippen LogP contribution in [0.4, 0.5) is 0 Å². The molecule has 0 aliphatic heterocycles. The van der Waals surface area contributed by atoms with Gasteiger partial charge in [0, 0.05) is 13.1 Å². The van der Waals surface area contributed by atoms with Crippen LogP contribution in [-0.2, 0) is 11.8 Å².